The Balaban J connectivity index is 1.94. The number of benzene rings is 2. The molecule has 0 fully saturated rings. The minimum Gasteiger partial charge on any atom is -0.384 e. The summed E-state index contributed by atoms with van der Waals surface area (Å²) in [6.45, 7) is 2.67. The van der Waals surface area contributed by atoms with Crippen LogP contribution < -0.4 is 0 Å². The lowest BCUT2D eigenvalue weighted by atomic mass is 9.94. The number of aliphatic hydroxyl groups is 1. The molecule has 0 aliphatic heterocycles. The van der Waals surface area contributed by atoms with Crippen molar-refractivity contribution in [3.05, 3.63) is 95.8 Å². The molecule has 36 heavy (non-hydrogen) atoms. The molecule has 0 saturated heterocycles. The molecule has 10 heteroatoms. The molecule has 0 saturated carbocycles. The average Bonchev–Trinajstić information content (AvgIpc) is 3.25. The number of ether oxygens (including phenoxy) is 1. The molecule has 1 aliphatic carbocycles. The Morgan fingerprint density at radius 3 is 2.14 bits per heavy atom. The predicted molar refractivity (Wildman–Crippen MR) is 121 cm³/mol. The lowest BCUT2D eigenvalue weighted by molar-refractivity contribution is -0.374. The monoisotopic (exact) mass is 508 g/mol. The van der Waals surface area contributed by atoms with Crippen molar-refractivity contribution in [2.24, 2.45) is 0 Å². The Morgan fingerprint density at radius 2 is 1.58 bits per heavy atom. The van der Waals surface area contributed by atoms with E-state index in [1.807, 2.05) is 0 Å². The maximum Gasteiger partial charge on any atom is 0.524 e. The van der Waals surface area contributed by atoms with Crippen LogP contribution in [0.2, 0.25) is 0 Å². The van der Waals surface area contributed by atoms with Gasteiger partial charge >= 0.3 is 12.5 Å². The summed E-state index contributed by atoms with van der Waals surface area (Å²) in [5.74, 6) is -0.425. The quantitative estimate of drug-likeness (QED) is 0.377. The normalized spacial score (nSPS) is 18.9. The van der Waals surface area contributed by atoms with Gasteiger partial charge in [0, 0.05) is 18.2 Å². The van der Waals surface area contributed by atoms with E-state index in [-0.39, 0.29) is 12.1 Å². The maximum absolute atomic E-state index is 13.8. The van der Waals surface area contributed by atoms with Gasteiger partial charge in [-0.15, -0.1) is 13.2 Å². The van der Waals surface area contributed by atoms with Gasteiger partial charge in [0.1, 0.15) is 11.4 Å². The van der Waals surface area contributed by atoms with Crippen molar-refractivity contribution in [1.29, 1.82) is 0 Å². The third-order valence-corrected chi connectivity index (χ3v) is 5.75. The Bertz CT molecular complexity index is 1300. The standard InChI is InChI=1S/C26H22F6N2O2/c1-23(2,35)21-16-34(22(33-21)19-10-6-7-11-20(19)25(27,28)29)24(36-26(30,31)32)14-12-18(13-15-24)17-8-4-3-5-9-17/h3-14,16,35H,15H2,1-2H3. The zero-order valence-electron chi connectivity index (χ0n) is 19.2. The highest BCUT2D eigenvalue weighted by molar-refractivity contribution is 5.75. The number of allylic oxidation sites excluding steroid dienone is 2. The molecule has 1 N–H and O–H groups in total. The number of alkyl halides is 6. The van der Waals surface area contributed by atoms with Crippen molar-refractivity contribution in [2.45, 2.75) is 44.1 Å². The predicted octanol–water partition coefficient (Wildman–Crippen LogP) is 7.03. The van der Waals surface area contributed by atoms with Gasteiger partial charge in [-0.25, -0.2) is 4.98 Å². The van der Waals surface area contributed by atoms with Crippen LogP contribution in [0.3, 0.4) is 0 Å². The van der Waals surface area contributed by atoms with Crippen molar-refractivity contribution in [2.75, 3.05) is 0 Å². The first kappa shape index (κ1) is 25.7. The highest BCUT2D eigenvalue weighted by Gasteiger charge is 2.46. The molecular weight excluding hydrogens is 486 g/mol. The second kappa shape index (κ2) is 8.94. The first-order valence-corrected chi connectivity index (χ1v) is 10.9. The van der Waals surface area contributed by atoms with E-state index < -0.39 is 40.8 Å². The molecule has 2 aromatic carbocycles. The Kier molecular flexibility index (Phi) is 6.38. The van der Waals surface area contributed by atoms with E-state index in [0.29, 0.717) is 5.57 Å². The fraction of sp³-hybridized carbons (Fsp3) is 0.269. The second-order valence-corrected chi connectivity index (χ2v) is 8.88. The molecule has 0 spiro atoms. The molecule has 0 amide bonds. The summed E-state index contributed by atoms with van der Waals surface area (Å²) >= 11 is 0. The molecule has 1 atom stereocenters. The van der Waals surface area contributed by atoms with E-state index in [9.17, 15) is 31.4 Å². The summed E-state index contributed by atoms with van der Waals surface area (Å²) in [5, 5.41) is 10.5. The highest BCUT2D eigenvalue weighted by atomic mass is 19.4. The third kappa shape index (κ3) is 5.24. The SMILES string of the molecule is CC(C)(O)c1cn(C2(OC(F)(F)F)C=CC(c3ccccc3)=CC2)c(-c2ccccc2C(F)(F)F)n1. The van der Waals surface area contributed by atoms with Gasteiger partial charge in [0.2, 0.25) is 0 Å². The molecule has 1 unspecified atom stereocenters. The van der Waals surface area contributed by atoms with E-state index >= 15 is 0 Å². The number of rotatable bonds is 5. The van der Waals surface area contributed by atoms with Gasteiger partial charge < -0.3 is 5.11 Å². The largest absolute Gasteiger partial charge is 0.524 e. The Morgan fingerprint density at radius 1 is 0.944 bits per heavy atom. The first-order chi connectivity index (χ1) is 16.7. The second-order valence-electron chi connectivity index (χ2n) is 8.88. The summed E-state index contributed by atoms with van der Waals surface area (Å²) < 4.78 is 88.1. The van der Waals surface area contributed by atoms with Crippen molar-refractivity contribution in [1.82, 2.24) is 9.55 Å². The van der Waals surface area contributed by atoms with Gasteiger partial charge in [-0.05, 0) is 37.1 Å². The molecule has 1 aromatic heterocycles. The van der Waals surface area contributed by atoms with Crippen molar-refractivity contribution in [3.63, 3.8) is 0 Å². The minimum absolute atomic E-state index is 0.120. The van der Waals surface area contributed by atoms with Crippen LogP contribution in [0.1, 0.15) is 37.1 Å². The average molecular weight is 508 g/mol. The number of halogens is 6. The maximum atomic E-state index is 13.8. The van der Waals surface area contributed by atoms with Crippen LogP contribution in [-0.2, 0) is 22.2 Å². The fourth-order valence-corrected chi connectivity index (χ4v) is 4.04. The number of imidazole rings is 1. The number of nitrogens with zero attached hydrogens (tertiary/aromatic N) is 2. The molecule has 1 aliphatic rings. The number of hydrogen-bond acceptors (Lipinski definition) is 3. The van der Waals surface area contributed by atoms with Gasteiger partial charge in [-0.1, -0.05) is 60.7 Å². The molecule has 1 heterocycles. The van der Waals surface area contributed by atoms with Gasteiger partial charge in [-0.2, -0.15) is 13.2 Å². The van der Waals surface area contributed by atoms with Gasteiger partial charge in [-0.3, -0.25) is 9.30 Å². The molecular formula is C26H22F6N2O2. The van der Waals surface area contributed by atoms with E-state index in [2.05, 4.69) is 9.72 Å². The molecule has 4 rings (SSSR count). The zero-order chi connectivity index (χ0) is 26.4. The minimum atomic E-state index is -5.14. The van der Waals surface area contributed by atoms with Crippen molar-refractivity contribution >= 4 is 5.57 Å². The molecule has 190 valence electrons. The van der Waals surface area contributed by atoms with E-state index in [4.69, 9.17) is 0 Å². The van der Waals surface area contributed by atoms with Gasteiger partial charge in [0.15, 0.2) is 5.72 Å². The van der Waals surface area contributed by atoms with Gasteiger partial charge in [0.25, 0.3) is 0 Å². The van der Waals surface area contributed by atoms with Crippen LogP contribution in [0.25, 0.3) is 17.0 Å². The van der Waals surface area contributed by atoms with Crippen LogP contribution >= 0.6 is 0 Å². The first-order valence-electron chi connectivity index (χ1n) is 10.9. The molecule has 3 aromatic rings. The topological polar surface area (TPSA) is 47.3 Å². The highest BCUT2D eigenvalue weighted by Crippen LogP contribution is 2.44. The zero-order valence-corrected chi connectivity index (χ0v) is 19.2. The molecule has 4 nitrogen and oxygen atoms in total. The molecule has 0 bridgehead atoms. The number of hydrogen-bond donors (Lipinski definition) is 1. The summed E-state index contributed by atoms with van der Waals surface area (Å²) in [6.07, 6.45) is -5.11. The van der Waals surface area contributed by atoms with E-state index in [1.54, 1.807) is 30.3 Å². The van der Waals surface area contributed by atoms with Crippen molar-refractivity contribution < 1.29 is 36.2 Å². The van der Waals surface area contributed by atoms with Crippen LogP contribution in [0.4, 0.5) is 26.3 Å². The molecule has 0 radical (unpaired) electrons. The number of aromatic nitrogens is 2. The fourth-order valence-electron chi connectivity index (χ4n) is 4.04. The van der Waals surface area contributed by atoms with Crippen LogP contribution in [0, 0.1) is 0 Å². The lowest BCUT2D eigenvalue weighted by Crippen LogP contribution is -2.40. The van der Waals surface area contributed by atoms with Crippen LogP contribution in [-0.4, -0.2) is 21.0 Å². The smallest absolute Gasteiger partial charge is 0.384 e. The van der Waals surface area contributed by atoms with Crippen LogP contribution in [0.15, 0.2) is 79.0 Å². The Hall–Kier alpha value is -3.37. The summed E-state index contributed by atoms with van der Waals surface area (Å²) in [6, 6.07) is 13.3. The third-order valence-electron chi connectivity index (χ3n) is 5.75. The van der Waals surface area contributed by atoms with Gasteiger partial charge in [0.05, 0.1) is 11.3 Å². The van der Waals surface area contributed by atoms with Crippen LogP contribution in [0.5, 0.6) is 0 Å². The summed E-state index contributed by atoms with van der Waals surface area (Å²) in [4.78, 5) is 4.16. The Labute approximate surface area is 203 Å². The lowest BCUT2D eigenvalue weighted by Gasteiger charge is -2.35. The summed E-state index contributed by atoms with van der Waals surface area (Å²) in [7, 11) is 0. The van der Waals surface area contributed by atoms with Crippen molar-refractivity contribution in [3.8, 4) is 11.4 Å². The van der Waals surface area contributed by atoms with E-state index in [0.717, 1.165) is 34.5 Å². The van der Waals surface area contributed by atoms with E-state index in [1.165, 1.54) is 38.1 Å². The summed E-state index contributed by atoms with van der Waals surface area (Å²) in [5.41, 5.74) is -4.22.